The van der Waals surface area contributed by atoms with E-state index in [0.717, 1.165) is 36.9 Å². The van der Waals surface area contributed by atoms with Crippen LogP contribution in [0.5, 0.6) is 0 Å². The van der Waals surface area contributed by atoms with Crippen LogP contribution in [0.25, 0.3) is 22.7 Å². The number of nitro groups is 1. The summed E-state index contributed by atoms with van der Waals surface area (Å²) in [5.74, 6) is 0.276. The number of hydrogen-bond donors (Lipinski definition) is 0. The Morgan fingerprint density at radius 1 is 1.02 bits per heavy atom. The van der Waals surface area contributed by atoms with Crippen molar-refractivity contribution in [1.82, 2.24) is 14.5 Å². The van der Waals surface area contributed by atoms with Crippen molar-refractivity contribution in [2.24, 2.45) is 0 Å². The molecule has 0 bridgehead atoms. The number of hydrogen-bond acceptors (Lipinski definition) is 5. The van der Waals surface area contributed by atoms with Crippen LogP contribution in [0.15, 0.2) is 83.7 Å². The molecule has 0 aliphatic carbocycles. The van der Waals surface area contributed by atoms with E-state index in [0.29, 0.717) is 28.8 Å². The van der Waals surface area contributed by atoms with Gasteiger partial charge in [-0.2, -0.15) is 0 Å². The molecule has 4 aromatic rings. The second-order valence-electron chi connectivity index (χ2n) is 9.71. The average Bonchev–Trinajstić information content (AvgIpc) is 2.98. The molecule has 0 saturated carbocycles. The van der Waals surface area contributed by atoms with Crippen LogP contribution >= 0.6 is 0 Å². The fourth-order valence-electron chi connectivity index (χ4n) is 4.83. The summed E-state index contributed by atoms with van der Waals surface area (Å²) in [6.07, 6.45) is 6.63. The van der Waals surface area contributed by atoms with Gasteiger partial charge in [0.2, 0.25) is 5.91 Å². The number of rotatable bonds is 11. The zero-order valence-electron chi connectivity index (χ0n) is 23.1. The van der Waals surface area contributed by atoms with E-state index in [1.54, 1.807) is 33.7 Å². The maximum Gasteiger partial charge on any atom is 0.269 e. The number of aryl methyl sites for hydroxylation is 1. The number of carbonyl (C=O) groups is 1. The highest BCUT2D eigenvalue weighted by Gasteiger charge is 2.26. The van der Waals surface area contributed by atoms with Gasteiger partial charge in [0, 0.05) is 24.8 Å². The van der Waals surface area contributed by atoms with Gasteiger partial charge in [0.05, 0.1) is 27.6 Å². The second kappa shape index (κ2) is 13.0. The highest BCUT2D eigenvalue weighted by Crippen LogP contribution is 2.26. The first-order valence-corrected chi connectivity index (χ1v) is 13.7. The van der Waals surface area contributed by atoms with Crippen molar-refractivity contribution < 1.29 is 9.72 Å². The highest BCUT2D eigenvalue weighted by molar-refractivity contribution is 5.92. The van der Waals surface area contributed by atoms with E-state index in [1.165, 1.54) is 18.2 Å². The Bertz CT molecular complexity index is 1590. The van der Waals surface area contributed by atoms with Crippen LogP contribution in [0.4, 0.5) is 5.69 Å². The molecule has 1 heterocycles. The lowest BCUT2D eigenvalue weighted by molar-refractivity contribution is -0.384. The number of non-ortho nitro benzene ring substituents is 1. The molecule has 8 nitrogen and oxygen atoms in total. The summed E-state index contributed by atoms with van der Waals surface area (Å²) in [4.78, 5) is 44.8. The van der Waals surface area contributed by atoms with Gasteiger partial charge in [-0.15, -0.1) is 0 Å². The maximum atomic E-state index is 13.9. The van der Waals surface area contributed by atoms with Gasteiger partial charge in [-0.05, 0) is 67.3 Å². The number of fused-ring (bicyclic) bond motifs is 1. The van der Waals surface area contributed by atoms with Crippen LogP contribution in [0, 0.1) is 10.1 Å². The quantitative estimate of drug-likeness (QED) is 0.0921. The van der Waals surface area contributed by atoms with Crippen LogP contribution in [0.1, 0.15) is 63.0 Å². The molecule has 206 valence electrons. The molecular weight excluding hydrogens is 504 g/mol. The van der Waals surface area contributed by atoms with Crippen LogP contribution < -0.4 is 5.56 Å². The van der Waals surface area contributed by atoms with E-state index in [9.17, 15) is 19.7 Å². The number of nitrogens with zero attached hydrogens (tertiary/aromatic N) is 4. The Morgan fingerprint density at radius 3 is 2.42 bits per heavy atom. The predicted octanol–water partition coefficient (Wildman–Crippen LogP) is 6.65. The van der Waals surface area contributed by atoms with Crippen LogP contribution in [0.2, 0.25) is 0 Å². The van der Waals surface area contributed by atoms with Crippen LogP contribution in [0.3, 0.4) is 0 Å². The van der Waals surface area contributed by atoms with Gasteiger partial charge in [-0.25, -0.2) is 4.98 Å². The van der Waals surface area contributed by atoms with Gasteiger partial charge in [0.25, 0.3) is 11.2 Å². The van der Waals surface area contributed by atoms with E-state index in [-0.39, 0.29) is 17.2 Å². The van der Waals surface area contributed by atoms with Gasteiger partial charge < -0.3 is 4.90 Å². The Balaban J connectivity index is 1.79. The summed E-state index contributed by atoms with van der Waals surface area (Å²) in [6.45, 7) is 6.56. The minimum absolute atomic E-state index is 0.00833. The first kappa shape index (κ1) is 28.4. The Kier molecular flexibility index (Phi) is 9.22. The van der Waals surface area contributed by atoms with Crippen molar-refractivity contribution in [2.45, 2.75) is 52.5 Å². The molecule has 0 aliphatic heterocycles. The summed E-state index contributed by atoms with van der Waals surface area (Å²) >= 11 is 0. The molecule has 0 aliphatic rings. The highest BCUT2D eigenvalue weighted by atomic mass is 16.6. The molecular formula is C32H34N4O4. The third-order valence-electron chi connectivity index (χ3n) is 7.06. The Morgan fingerprint density at radius 2 is 1.73 bits per heavy atom. The standard InChI is InChI=1S/C32H34N4O4/c1-4-6-11-22-34(30(37)21-18-24-16-19-26(20-17-24)36(39)40)23(3)31-33-28-14-9-8-13-27(28)32(38)35(31)29-15-10-7-12-25(29)5-2/h7-10,12-21,23H,4-6,11,22H2,1-3H3/b21-18+. The Hall–Kier alpha value is -4.59. The van der Waals surface area contributed by atoms with E-state index in [4.69, 9.17) is 4.98 Å². The minimum atomic E-state index is -0.506. The van der Waals surface area contributed by atoms with Crippen molar-refractivity contribution in [3.8, 4) is 5.69 Å². The normalized spacial score (nSPS) is 12.1. The number of benzene rings is 3. The molecule has 0 saturated heterocycles. The van der Waals surface area contributed by atoms with Gasteiger partial charge in [0.1, 0.15) is 5.82 Å². The third-order valence-corrected chi connectivity index (χ3v) is 7.06. The van der Waals surface area contributed by atoms with Gasteiger partial charge >= 0.3 is 0 Å². The summed E-state index contributed by atoms with van der Waals surface area (Å²) < 4.78 is 1.66. The molecule has 4 rings (SSSR count). The van der Waals surface area contributed by atoms with E-state index < -0.39 is 11.0 Å². The molecule has 0 radical (unpaired) electrons. The fourth-order valence-corrected chi connectivity index (χ4v) is 4.83. The first-order valence-electron chi connectivity index (χ1n) is 13.7. The minimum Gasteiger partial charge on any atom is -0.329 e. The van der Waals surface area contributed by atoms with E-state index in [1.807, 2.05) is 56.3 Å². The van der Waals surface area contributed by atoms with Crippen LogP contribution in [-0.4, -0.2) is 31.8 Å². The Labute approximate surface area is 233 Å². The molecule has 8 heteroatoms. The topological polar surface area (TPSA) is 98.3 Å². The molecule has 0 fully saturated rings. The first-order chi connectivity index (χ1) is 19.3. The molecule has 1 amide bonds. The third kappa shape index (κ3) is 6.17. The molecule has 3 aromatic carbocycles. The summed E-state index contributed by atoms with van der Waals surface area (Å²) in [6, 6.07) is 20.6. The molecule has 0 N–H and O–H groups in total. The second-order valence-corrected chi connectivity index (χ2v) is 9.71. The maximum absolute atomic E-state index is 13.9. The van der Waals surface area contributed by atoms with Crippen molar-refractivity contribution in [3.63, 3.8) is 0 Å². The average molecular weight is 539 g/mol. The number of amides is 1. The smallest absolute Gasteiger partial charge is 0.269 e. The molecule has 1 atom stereocenters. The zero-order valence-corrected chi connectivity index (χ0v) is 23.1. The number of carbonyl (C=O) groups excluding carboxylic acids is 1. The van der Waals surface area contributed by atoms with Gasteiger partial charge in [-0.1, -0.05) is 57.0 Å². The van der Waals surface area contributed by atoms with Gasteiger partial charge in [-0.3, -0.25) is 24.3 Å². The summed E-state index contributed by atoms with van der Waals surface area (Å²) in [5, 5.41) is 11.5. The van der Waals surface area contributed by atoms with E-state index >= 15 is 0 Å². The lowest BCUT2D eigenvalue weighted by atomic mass is 10.1. The van der Waals surface area contributed by atoms with Gasteiger partial charge in [0.15, 0.2) is 0 Å². The lowest BCUT2D eigenvalue weighted by Gasteiger charge is -2.30. The summed E-state index contributed by atoms with van der Waals surface area (Å²) in [5.41, 5.74) is 2.86. The fraction of sp³-hybridized carbons (Fsp3) is 0.281. The number of nitro benzene ring substituents is 1. The van der Waals surface area contributed by atoms with Crippen molar-refractivity contribution in [3.05, 3.63) is 116 Å². The number of unbranched alkanes of at least 4 members (excludes halogenated alkanes) is 2. The molecule has 40 heavy (non-hydrogen) atoms. The lowest BCUT2D eigenvalue weighted by Crippen LogP contribution is -2.37. The molecule has 1 unspecified atom stereocenters. The van der Waals surface area contributed by atoms with Crippen molar-refractivity contribution >= 4 is 28.6 Å². The van der Waals surface area contributed by atoms with Crippen molar-refractivity contribution in [2.75, 3.05) is 6.54 Å². The number of aromatic nitrogens is 2. The van der Waals surface area contributed by atoms with Crippen LogP contribution in [-0.2, 0) is 11.2 Å². The monoisotopic (exact) mass is 538 g/mol. The molecule has 1 aromatic heterocycles. The molecule has 0 spiro atoms. The largest absolute Gasteiger partial charge is 0.329 e. The van der Waals surface area contributed by atoms with E-state index in [2.05, 4.69) is 6.92 Å². The zero-order chi connectivity index (χ0) is 28.6. The SMILES string of the molecule is CCCCCN(C(=O)/C=C/c1ccc([N+](=O)[O-])cc1)C(C)c1nc2ccccc2c(=O)n1-c1ccccc1CC. The summed E-state index contributed by atoms with van der Waals surface area (Å²) in [7, 11) is 0. The predicted molar refractivity (Wildman–Crippen MR) is 159 cm³/mol. The number of para-hydroxylation sites is 2. The van der Waals surface area contributed by atoms with Crippen molar-refractivity contribution in [1.29, 1.82) is 0 Å².